The Labute approximate surface area is 116 Å². The fourth-order valence-electron chi connectivity index (χ4n) is 2.43. The molecule has 0 saturated carbocycles. The van der Waals surface area contributed by atoms with E-state index in [2.05, 4.69) is 0 Å². The summed E-state index contributed by atoms with van der Waals surface area (Å²) in [5, 5.41) is 9.80. The fourth-order valence-corrected chi connectivity index (χ4v) is 2.43. The minimum atomic E-state index is -0.0573. The molecule has 0 N–H and O–H groups in total. The van der Waals surface area contributed by atoms with Gasteiger partial charge < -0.3 is 14.1 Å². The molecule has 0 atom stereocenters. The van der Waals surface area contributed by atoms with Crippen LogP contribution in [0.4, 0.5) is 0 Å². The summed E-state index contributed by atoms with van der Waals surface area (Å²) in [4.78, 5) is 13.7. The van der Waals surface area contributed by atoms with Crippen molar-refractivity contribution < 1.29 is 13.9 Å². The highest BCUT2D eigenvalue weighted by Gasteiger charge is 2.21. The minimum Gasteiger partial charge on any atom is -0.478 e. The molecule has 1 aliphatic heterocycles. The Morgan fingerprint density at radius 2 is 2.10 bits per heavy atom. The maximum Gasteiger partial charge on any atom is 0.260 e. The van der Waals surface area contributed by atoms with Gasteiger partial charge in [0.05, 0.1) is 5.39 Å². The van der Waals surface area contributed by atoms with Crippen molar-refractivity contribution in [3.8, 4) is 11.8 Å². The molecule has 2 aromatic rings. The van der Waals surface area contributed by atoms with Crippen molar-refractivity contribution in [1.29, 1.82) is 5.26 Å². The normalized spacial score (nSPS) is 14.4. The van der Waals surface area contributed by atoms with E-state index in [0.717, 1.165) is 31.3 Å². The number of furan rings is 1. The van der Waals surface area contributed by atoms with Gasteiger partial charge in [0.25, 0.3) is 5.91 Å². The third-order valence-electron chi connectivity index (χ3n) is 3.45. The van der Waals surface area contributed by atoms with Gasteiger partial charge in [-0.1, -0.05) is 12.1 Å². The molecule has 102 valence electrons. The number of ether oxygens (including phenoxy) is 1. The maximum absolute atomic E-state index is 12.0. The van der Waals surface area contributed by atoms with Gasteiger partial charge in [0.15, 0.2) is 12.4 Å². The lowest BCUT2D eigenvalue weighted by Crippen LogP contribution is -2.32. The molecule has 5 nitrogen and oxygen atoms in total. The molecule has 0 bridgehead atoms. The van der Waals surface area contributed by atoms with Crippen molar-refractivity contribution in [3.05, 3.63) is 30.0 Å². The fraction of sp³-hybridized carbons (Fsp3) is 0.333. The van der Waals surface area contributed by atoms with Gasteiger partial charge in [-0.25, -0.2) is 0 Å². The number of nitriles is 1. The summed E-state index contributed by atoms with van der Waals surface area (Å²) in [5.74, 6) is 0.424. The van der Waals surface area contributed by atoms with Crippen LogP contribution in [0.15, 0.2) is 28.7 Å². The molecule has 5 heteroatoms. The Morgan fingerprint density at radius 3 is 2.85 bits per heavy atom. The number of carbonyl (C=O) groups is 1. The van der Waals surface area contributed by atoms with Gasteiger partial charge in [0.2, 0.25) is 5.76 Å². The van der Waals surface area contributed by atoms with Crippen LogP contribution in [-0.2, 0) is 4.79 Å². The number of amides is 1. The number of fused-ring (bicyclic) bond motifs is 1. The second kappa shape index (κ2) is 5.25. The molecule has 0 unspecified atom stereocenters. The summed E-state index contributed by atoms with van der Waals surface area (Å²) in [6.07, 6.45) is 2.09. The predicted molar refractivity (Wildman–Crippen MR) is 72.2 cm³/mol. The van der Waals surface area contributed by atoms with E-state index in [-0.39, 0.29) is 18.3 Å². The first-order chi connectivity index (χ1) is 9.79. The zero-order chi connectivity index (χ0) is 13.9. The average molecular weight is 270 g/mol. The number of carbonyl (C=O) groups excluding carboxylic acids is 1. The first-order valence-corrected chi connectivity index (χ1v) is 6.62. The largest absolute Gasteiger partial charge is 0.478 e. The number of para-hydroxylation sites is 1. The third-order valence-corrected chi connectivity index (χ3v) is 3.45. The lowest BCUT2D eigenvalue weighted by atomic mass is 10.2. The molecule has 20 heavy (non-hydrogen) atoms. The summed E-state index contributed by atoms with van der Waals surface area (Å²) in [5.41, 5.74) is 0.590. The molecule has 0 radical (unpaired) electrons. The molecule has 0 aliphatic carbocycles. The van der Waals surface area contributed by atoms with E-state index in [1.54, 1.807) is 11.0 Å². The monoisotopic (exact) mass is 270 g/mol. The van der Waals surface area contributed by atoms with E-state index >= 15 is 0 Å². The SMILES string of the molecule is N#Cc1oc2ccccc2c1OCC(=O)N1CCCC1. The van der Waals surface area contributed by atoms with Crippen molar-refractivity contribution in [2.24, 2.45) is 0 Å². The maximum atomic E-state index is 12.0. The predicted octanol–water partition coefficient (Wildman–Crippen LogP) is 2.31. The van der Waals surface area contributed by atoms with Crippen LogP contribution in [0.25, 0.3) is 11.0 Å². The van der Waals surface area contributed by atoms with E-state index in [1.165, 1.54) is 0 Å². The summed E-state index contributed by atoms with van der Waals surface area (Å²) in [7, 11) is 0. The van der Waals surface area contributed by atoms with Crippen LogP contribution >= 0.6 is 0 Å². The quantitative estimate of drug-likeness (QED) is 0.858. The van der Waals surface area contributed by atoms with Crippen LogP contribution < -0.4 is 4.74 Å². The highest BCUT2D eigenvalue weighted by Crippen LogP contribution is 2.32. The van der Waals surface area contributed by atoms with Crippen LogP contribution in [0, 0.1) is 11.3 Å². The van der Waals surface area contributed by atoms with Crippen LogP contribution in [0.5, 0.6) is 5.75 Å². The molecule has 1 saturated heterocycles. The Kier molecular flexibility index (Phi) is 3.30. The van der Waals surface area contributed by atoms with Crippen LogP contribution in [-0.4, -0.2) is 30.5 Å². The first-order valence-electron chi connectivity index (χ1n) is 6.62. The minimum absolute atomic E-state index is 0.0447. The topological polar surface area (TPSA) is 66.5 Å². The number of hydrogen-bond donors (Lipinski definition) is 0. The smallest absolute Gasteiger partial charge is 0.260 e. The van der Waals surface area contributed by atoms with E-state index in [9.17, 15) is 4.79 Å². The van der Waals surface area contributed by atoms with Crippen LogP contribution in [0.2, 0.25) is 0 Å². The van der Waals surface area contributed by atoms with Gasteiger partial charge in [-0.05, 0) is 25.0 Å². The molecule has 1 fully saturated rings. The van der Waals surface area contributed by atoms with Crippen LogP contribution in [0.3, 0.4) is 0 Å². The number of rotatable bonds is 3. The Morgan fingerprint density at radius 1 is 1.35 bits per heavy atom. The Bertz CT molecular complexity index is 678. The molecule has 1 aromatic carbocycles. The number of likely N-dealkylation sites (tertiary alicyclic amines) is 1. The Hall–Kier alpha value is -2.48. The summed E-state index contributed by atoms with van der Waals surface area (Å²) < 4.78 is 10.9. The second-order valence-electron chi connectivity index (χ2n) is 4.74. The standard InChI is InChI=1S/C15H14N2O3/c16-9-13-15(11-5-1-2-6-12(11)20-13)19-10-14(18)17-7-3-4-8-17/h1-2,5-6H,3-4,7-8,10H2. The zero-order valence-electron chi connectivity index (χ0n) is 11.0. The number of benzene rings is 1. The molecular formula is C15H14N2O3. The lowest BCUT2D eigenvalue weighted by Gasteiger charge is -2.15. The third kappa shape index (κ3) is 2.21. The molecule has 1 amide bonds. The van der Waals surface area contributed by atoms with Crippen molar-refractivity contribution in [2.45, 2.75) is 12.8 Å². The highest BCUT2D eigenvalue weighted by molar-refractivity contribution is 5.87. The van der Waals surface area contributed by atoms with Gasteiger partial charge in [-0.3, -0.25) is 4.79 Å². The van der Waals surface area contributed by atoms with Gasteiger partial charge in [-0.15, -0.1) is 0 Å². The second-order valence-corrected chi connectivity index (χ2v) is 4.74. The van der Waals surface area contributed by atoms with E-state index < -0.39 is 0 Å². The highest BCUT2D eigenvalue weighted by atomic mass is 16.5. The zero-order valence-corrected chi connectivity index (χ0v) is 11.0. The Balaban J connectivity index is 1.80. The summed E-state index contributed by atoms with van der Waals surface area (Å²) in [6.45, 7) is 1.52. The van der Waals surface area contributed by atoms with Crippen molar-refractivity contribution in [2.75, 3.05) is 19.7 Å². The average Bonchev–Trinajstić information content (AvgIpc) is 3.12. The van der Waals surface area contributed by atoms with E-state index in [0.29, 0.717) is 11.3 Å². The van der Waals surface area contributed by atoms with Crippen molar-refractivity contribution in [3.63, 3.8) is 0 Å². The van der Waals surface area contributed by atoms with Gasteiger partial charge in [0, 0.05) is 13.1 Å². The number of hydrogen-bond acceptors (Lipinski definition) is 4. The van der Waals surface area contributed by atoms with E-state index in [4.69, 9.17) is 14.4 Å². The first kappa shape index (κ1) is 12.5. The molecular weight excluding hydrogens is 256 g/mol. The van der Waals surface area contributed by atoms with Gasteiger partial charge >= 0.3 is 0 Å². The molecule has 1 aromatic heterocycles. The molecule has 2 heterocycles. The molecule has 1 aliphatic rings. The van der Waals surface area contributed by atoms with Crippen molar-refractivity contribution in [1.82, 2.24) is 4.90 Å². The molecule has 0 spiro atoms. The lowest BCUT2D eigenvalue weighted by molar-refractivity contribution is -0.132. The number of nitrogens with zero attached hydrogens (tertiary/aromatic N) is 2. The van der Waals surface area contributed by atoms with Gasteiger partial charge in [0.1, 0.15) is 11.7 Å². The summed E-state index contributed by atoms with van der Waals surface area (Å²) in [6, 6.07) is 9.21. The van der Waals surface area contributed by atoms with Crippen molar-refractivity contribution >= 4 is 16.9 Å². The van der Waals surface area contributed by atoms with Crippen LogP contribution in [0.1, 0.15) is 18.6 Å². The van der Waals surface area contributed by atoms with E-state index in [1.807, 2.05) is 24.3 Å². The molecule has 3 rings (SSSR count). The van der Waals surface area contributed by atoms with Gasteiger partial charge in [-0.2, -0.15) is 5.26 Å². The summed E-state index contributed by atoms with van der Waals surface area (Å²) >= 11 is 0.